The Morgan fingerprint density at radius 2 is 2.18 bits per heavy atom. The molecule has 0 radical (unpaired) electrons. The van der Waals surface area contributed by atoms with Gasteiger partial charge >= 0.3 is 5.97 Å². The van der Waals surface area contributed by atoms with Crippen LogP contribution in [0, 0.1) is 5.92 Å². The maximum absolute atomic E-state index is 12.1. The van der Waals surface area contributed by atoms with Crippen LogP contribution in [-0.2, 0) is 9.59 Å². The second kappa shape index (κ2) is 7.31. The van der Waals surface area contributed by atoms with Crippen LogP contribution in [0.5, 0.6) is 0 Å². The number of amides is 1. The molecule has 1 aromatic carbocycles. The van der Waals surface area contributed by atoms with Gasteiger partial charge in [0.2, 0.25) is 5.91 Å². The lowest BCUT2D eigenvalue weighted by Gasteiger charge is -2.19. The molecule has 0 saturated carbocycles. The summed E-state index contributed by atoms with van der Waals surface area (Å²) >= 11 is 12.0. The zero-order chi connectivity index (χ0) is 16.3. The number of carboxylic acids is 1. The van der Waals surface area contributed by atoms with Crippen molar-refractivity contribution in [3.05, 3.63) is 33.8 Å². The molecule has 1 aromatic rings. The Morgan fingerprint density at radius 1 is 1.45 bits per heavy atom. The van der Waals surface area contributed by atoms with Gasteiger partial charge in [-0.05, 0) is 37.6 Å². The van der Waals surface area contributed by atoms with Crippen LogP contribution >= 0.6 is 23.2 Å². The number of nitrogens with zero attached hydrogens (tertiary/aromatic N) is 1. The summed E-state index contributed by atoms with van der Waals surface area (Å²) in [6.07, 6.45) is 0.585. The van der Waals surface area contributed by atoms with Gasteiger partial charge in [0.15, 0.2) is 0 Å². The van der Waals surface area contributed by atoms with Crippen molar-refractivity contribution in [2.75, 3.05) is 19.6 Å². The number of hydrogen-bond donors (Lipinski definition) is 2. The minimum Gasteiger partial charge on any atom is -0.481 e. The molecule has 2 unspecified atom stereocenters. The molecule has 2 N–H and O–H groups in total. The predicted molar refractivity (Wildman–Crippen MR) is 85.2 cm³/mol. The van der Waals surface area contributed by atoms with Gasteiger partial charge in [-0.15, -0.1) is 0 Å². The molecular formula is C15H18Cl2N2O3. The molecule has 7 heteroatoms. The molecule has 1 heterocycles. The van der Waals surface area contributed by atoms with E-state index in [1.54, 1.807) is 18.2 Å². The first-order valence-electron chi connectivity index (χ1n) is 7.06. The van der Waals surface area contributed by atoms with Crippen LogP contribution in [0.4, 0.5) is 0 Å². The van der Waals surface area contributed by atoms with E-state index in [0.717, 1.165) is 5.56 Å². The molecule has 1 aliphatic rings. The number of carbonyl (C=O) groups excluding carboxylic acids is 1. The van der Waals surface area contributed by atoms with Crippen molar-refractivity contribution in [2.45, 2.75) is 19.4 Å². The summed E-state index contributed by atoms with van der Waals surface area (Å²) in [5.74, 6) is -1.33. The first kappa shape index (κ1) is 17.1. The third-order valence-corrected chi connectivity index (χ3v) is 4.36. The number of hydrogen-bond acceptors (Lipinski definition) is 3. The van der Waals surface area contributed by atoms with Crippen molar-refractivity contribution in [3.63, 3.8) is 0 Å². The second-order valence-electron chi connectivity index (χ2n) is 5.51. The van der Waals surface area contributed by atoms with E-state index >= 15 is 0 Å². The van der Waals surface area contributed by atoms with Gasteiger partial charge in [-0.3, -0.25) is 14.5 Å². The summed E-state index contributed by atoms with van der Waals surface area (Å²) in [5, 5.41) is 12.9. The van der Waals surface area contributed by atoms with Gasteiger partial charge in [-0.2, -0.15) is 0 Å². The Hall–Kier alpha value is -1.30. The fraction of sp³-hybridized carbons (Fsp3) is 0.467. The van der Waals surface area contributed by atoms with E-state index in [1.165, 1.54) is 0 Å². The summed E-state index contributed by atoms with van der Waals surface area (Å²) in [5.41, 5.74) is 0.796. The van der Waals surface area contributed by atoms with Crippen molar-refractivity contribution < 1.29 is 14.7 Å². The number of benzene rings is 1. The minimum atomic E-state index is -0.802. The number of rotatable bonds is 5. The van der Waals surface area contributed by atoms with E-state index in [0.29, 0.717) is 29.6 Å². The zero-order valence-electron chi connectivity index (χ0n) is 12.2. The Labute approximate surface area is 139 Å². The van der Waals surface area contributed by atoms with E-state index in [-0.39, 0.29) is 24.4 Å². The number of aliphatic carboxylic acids is 1. The molecule has 1 fully saturated rings. The highest BCUT2D eigenvalue weighted by atomic mass is 35.5. The van der Waals surface area contributed by atoms with Crippen LogP contribution in [0.2, 0.25) is 10.0 Å². The summed E-state index contributed by atoms with van der Waals surface area (Å²) in [6, 6.07) is 4.91. The monoisotopic (exact) mass is 344 g/mol. The van der Waals surface area contributed by atoms with Gasteiger partial charge < -0.3 is 10.4 Å². The molecule has 2 atom stereocenters. The lowest BCUT2D eigenvalue weighted by molar-refractivity contribution is -0.141. The minimum absolute atomic E-state index is 0.149. The Kier molecular flexibility index (Phi) is 5.67. The summed E-state index contributed by atoms with van der Waals surface area (Å²) < 4.78 is 0. The van der Waals surface area contributed by atoms with E-state index in [1.807, 2.05) is 11.8 Å². The lowest BCUT2D eigenvalue weighted by atomic mass is 10.1. The molecule has 0 aromatic heterocycles. The zero-order valence-corrected chi connectivity index (χ0v) is 13.7. The molecule has 5 nitrogen and oxygen atoms in total. The molecule has 1 aliphatic heterocycles. The van der Waals surface area contributed by atoms with Crippen molar-refractivity contribution in [1.82, 2.24) is 10.2 Å². The smallest absolute Gasteiger partial charge is 0.307 e. The Bertz CT molecular complexity index is 580. The highest BCUT2D eigenvalue weighted by Gasteiger charge is 2.29. The van der Waals surface area contributed by atoms with Gasteiger partial charge in [0.05, 0.1) is 18.5 Å². The van der Waals surface area contributed by atoms with Crippen LogP contribution in [0.1, 0.15) is 24.9 Å². The fourth-order valence-electron chi connectivity index (χ4n) is 2.60. The third-order valence-electron chi connectivity index (χ3n) is 3.80. The predicted octanol–water partition coefficient (Wildman–Crippen LogP) is 2.58. The van der Waals surface area contributed by atoms with Gasteiger partial charge in [0.1, 0.15) is 0 Å². The second-order valence-corrected chi connectivity index (χ2v) is 6.36. The van der Waals surface area contributed by atoms with Gasteiger partial charge in [0, 0.05) is 16.6 Å². The van der Waals surface area contributed by atoms with Crippen LogP contribution < -0.4 is 5.32 Å². The van der Waals surface area contributed by atoms with E-state index in [2.05, 4.69) is 5.32 Å². The number of carbonyl (C=O) groups is 2. The van der Waals surface area contributed by atoms with Crippen molar-refractivity contribution in [2.24, 2.45) is 5.92 Å². The molecule has 0 spiro atoms. The molecule has 0 bridgehead atoms. The van der Waals surface area contributed by atoms with Crippen LogP contribution in [0.15, 0.2) is 18.2 Å². The number of halogens is 2. The van der Waals surface area contributed by atoms with Crippen molar-refractivity contribution in [3.8, 4) is 0 Å². The lowest BCUT2D eigenvalue weighted by Crippen LogP contribution is -2.37. The van der Waals surface area contributed by atoms with Gasteiger partial charge in [0.25, 0.3) is 0 Å². The number of likely N-dealkylation sites (tertiary alicyclic amines) is 1. The maximum Gasteiger partial charge on any atom is 0.307 e. The summed E-state index contributed by atoms with van der Waals surface area (Å²) in [7, 11) is 0. The highest BCUT2D eigenvalue weighted by Crippen LogP contribution is 2.26. The van der Waals surface area contributed by atoms with Gasteiger partial charge in [-0.1, -0.05) is 29.3 Å². The Balaban J connectivity index is 1.88. The summed E-state index contributed by atoms with van der Waals surface area (Å²) in [6.45, 7) is 3.08. The topological polar surface area (TPSA) is 69.6 Å². The quantitative estimate of drug-likeness (QED) is 0.861. The van der Waals surface area contributed by atoms with Gasteiger partial charge in [-0.25, -0.2) is 0 Å². The molecule has 120 valence electrons. The SMILES string of the molecule is CC(NC(=O)CN1CCC(C(=O)O)C1)c1ccc(Cl)cc1Cl. The Morgan fingerprint density at radius 3 is 2.77 bits per heavy atom. The van der Waals surface area contributed by atoms with Crippen molar-refractivity contribution >= 4 is 35.1 Å². The third kappa shape index (κ3) is 4.35. The number of carboxylic acid groups (broad SMARTS) is 1. The standard InChI is InChI=1S/C15H18Cl2N2O3/c1-9(12-3-2-11(16)6-13(12)17)18-14(20)8-19-5-4-10(7-19)15(21)22/h2-3,6,9-10H,4-5,7-8H2,1H3,(H,18,20)(H,21,22). The summed E-state index contributed by atoms with van der Waals surface area (Å²) in [4.78, 5) is 24.8. The molecule has 1 saturated heterocycles. The molecular weight excluding hydrogens is 327 g/mol. The first-order chi connectivity index (χ1) is 10.4. The molecule has 0 aliphatic carbocycles. The van der Waals surface area contributed by atoms with E-state index < -0.39 is 5.97 Å². The largest absolute Gasteiger partial charge is 0.481 e. The van der Waals surface area contributed by atoms with E-state index in [9.17, 15) is 9.59 Å². The first-order valence-corrected chi connectivity index (χ1v) is 7.82. The average molecular weight is 345 g/mol. The average Bonchev–Trinajstić information content (AvgIpc) is 2.86. The van der Waals surface area contributed by atoms with Crippen molar-refractivity contribution in [1.29, 1.82) is 0 Å². The fourth-order valence-corrected chi connectivity index (χ4v) is 3.17. The van der Waals surface area contributed by atoms with Crippen LogP contribution in [-0.4, -0.2) is 41.5 Å². The highest BCUT2D eigenvalue weighted by molar-refractivity contribution is 6.35. The van der Waals surface area contributed by atoms with Crippen LogP contribution in [0.25, 0.3) is 0 Å². The van der Waals surface area contributed by atoms with E-state index in [4.69, 9.17) is 28.3 Å². The van der Waals surface area contributed by atoms with Crippen LogP contribution in [0.3, 0.4) is 0 Å². The normalized spacial score (nSPS) is 19.9. The molecule has 1 amide bonds. The molecule has 2 rings (SSSR count). The number of nitrogens with one attached hydrogen (secondary N) is 1. The maximum atomic E-state index is 12.1. The molecule has 22 heavy (non-hydrogen) atoms.